The molecule has 2 aromatic carbocycles. The van der Waals surface area contributed by atoms with E-state index in [-0.39, 0.29) is 5.78 Å². The smallest absolute Gasteiger partial charge is 0.193 e. The number of ether oxygens (including phenoxy) is 1. The monoisotopic (exact) mass is 295 g/mol. The second-order valence-corrected chi connectivity index (χ2v) is 5.85. The van der Waals surface area contributed by atoms with Crippen molar-refractivity contribution in [2.45, 2.75) is 13.8 Å². The van der Waals surface area contributed by atoms with Crippen LogP contribution < -0.4 is 4.90 Å². The third-order valence-corrected chi connectivity index (χ3v) is 3.99. The summed E-state index contributed by atoms with van der Waals surface area (Å²) in [6.07, 6.45) is 0. The van der Waals surface area contributed by atoms with E-state index in [4.69, 9.17) is 4.74 Å². The van der Waals surface area contributed by atoms with Crippen molar-refractivity contribution in [1.29, 1.82) is 0 Å². The summed E-state index contributed by atoms with van der Waals surface area (Å²) < 4.78 is 5.37. The molecule has 1 heterocycles. The number of carbonyl (C=O) groups excluding carboxylic acids is 1. The quantitative estimate of drug-likeness (QED) is 0.813. The molecule has 0 unspecified atom stereocenters. The summed E-state index contributed by atoms with van der Waals surface area (Å²) in [6, 6.07) is 13.9. The molecule has 0 atom stereocenters. The number of benzene rings is 2. The highest BCUT2D eigenvalue weighted by molar-refractivity contribution is 6.09. The Bertz CT molecular complexity index is 650. The van der Waals surface area contributed by atoms with Gasteiger partial charge in [-0.2, -0.15) is 0 Å². The largest absolute Gasteiger partial charge is 0.378 e. The maximum Gasteiger partial charge on any atom is 0.193 e. The minimum absolute atomic E-state index is 0.0836. The Balaban J connectivity index is 1.81. The van der Waals surface area contributed by atoms with Gasteiger partial charge in [-0.3, -0.25) is 4.79 Å². The summed E-state index contributed by atoms with van der Waals surface area (Å²) in [5.41, 5.74) is 4.89. The summed E-state index contributed by atoms with van der Waals surface area (Å²) in [5, 5.41) is 0. The first-order valence-corrected chi connectivity index (χ1v) is 7.69. The molecule has 1 aliphatic heterocycles. The molecule has 1 aliphatic rings. The van der Waals surface area contributed by atoms with Gasteiger partial charge in [-0.25, -0.2) is 0 Å². The molecule has 3 nitrogen and oxygen atoms in total. The number of hydrogen-bond acceptors (Lipinski definition) is 3. The normalized spacial score (nSPS) is 14.9. The lowest BCUT2D eigenvalue weighted by atomic mass is 9.99. The Hall–Kier alpha value is -2.13. The van der Waals surface area contributed by atoms with E-state index in [0.717, 1.165) is 54.2 Å². The van der Waals surface area contributed by atoms with Gasteiger partial charge in [-0.1, -0.05) is 17.2 Å². The molecule has 1 saturated heterocycles. The Labute approximate surface area is 131 Å². The highest BCUT2D eigenvalue weighted by Gasteiger charge is 2.13. The first kappa shape index (κ1) is 14.8. The van der Waals surface area contributed by atoms with Crippen LogP contribution in [0.3, 0.4) is 0 Å². The van der Waals surface area contributed by atoms with Crippen molar-refractivity contribution < 1.29 is 9.53 Å². The number of aryl methyl sites for hydroxylation is 2. The van der Waals surface area contributed by atoms with Crippen LogP contribution in [0.1, 0.15) is 27.0 Å². The average Bonchev–Trinajstić information content (AvgIpc) is 2.54. The zero-order chi connectivity index (χ0) is 15.5. The number of carbonyl (C=O) groups is 1. The van der Waals surface area contributed by atoms with E-state index in [0.29, 0.717) is 0 Å². The van der Waals surface area contributed by atoms with Gasteiger partial charge in [0.1, 0.15) is 0 Å². The second kappa shape index (κ2) is 6.32. The number of rotatable bonds is 3. The summed E-state index contributed by atoms with van der Waals surface area (Å²) in [6.45, 7) is 7.39. The van der Waals surface area contributed by atoms with E-state index in [2.05, 4.69) is 11.0 Å². The molecule has 0 amide bonds. The van der Waals surface area contributed by atoms with Gasteiger partial charge in [0.05, 0.1) is 13.2 Å². The molecule has 0 N–H and O–H groups in total. The van der Waals surface area contributed by atoms with E-state index >= 15 is 0 Å². The fraction of sp³-hybridized carbons (Fsp3) is 0.316. The molecule has 2 aromatic rings. The van der Waals surface area contributed by atoms with E-state index in [1.807, 2.05) is 50.2 Å². The Morgan fingerprint density at radius 1 is 0.909 bits per heavy atom. The van der Waals surface area contributed by atoms with Crippen LogP contribution in [0.4, 0.5) is 5.69 Å². The number of hydrogen-bond donors (Lipinski definition) is 0. The van der Waals surface area contributed by atoms with Crippen molar-refractivity contribution in [2.75, 3.05) is 31.2 Å². The van der Waals surface area contributed by atoms with Crippen molar-refractivity contribution in [2.24, 2.45) is 0 Å². The zero-order valence-electron chi connectivity index (χ0n) is 13.1. The lowest BCUT2D eigenvalue weighted by molar-refractivity contribution is 0.103. The molecule has 0 aromatic heterocycles. The third-order valence-electron chi connectivity index (χ3n) is 3.99. The number of anilines is 1. The minimum Gasteiger partial charge on any atom is -0.378 e. The predicted molar refractivity (Wildman–Crippen MR) is 88.8 cm³/mol. The number of ketones is 1. The van der Waals surface area contributed by atoms with Crippen molar-refractivity contribution in [3.63, 3.8) is 0 Å². The van der Waals surface area contributed by atoms with Gasteiger partial charge >= 0.3 is 0 Å². The van der Waals surface area contributed by atoms with Gasteiger partial charge in [0.15, 0.2) is 5.78 Å². The minimum atomic E-state index is 0.0836. The Morgan fingerprint density at radius 3 is 2.09 bits per heavy atom. The van der Waals surface area contributed by atoms with E-state index in [1.165, 1.54) is 0 Å². The first-order valence-electron chi connectivity index (χ1n) is 7.69. The maximum absolute atomic E-state index is 12.6. The molecule has 0 bridgehead atoms. The van der Waals surface area contributed by atoms with Crippen molar-refractivity contribution in [3.05, 3.63) is 64.7 Å². The highest BCUT2D eigenvalue weighted by atomic mass is 16.5. The van der Waals surface area contributed by atoms with Crippen LogP contribution in [0.2, 0.25) is 0 Å². The van der Waals surface area contributed by atoms with Crippen LogP contribution in [0.25, 0.3) is 0 Å². The van der Waals surface area contributed by atoms with Crippen LogP contribution >= 0.6 is 0 Å². The van der Waals surface area contributed by atoms with Gasteiger partial charge in [-0.15, -0.1) is 0 Å². The molecule has 0 radical (unpaired) electrons. The third kappa shape index (κ3) is 3.20. The topological polar surface area (TPSA) is 29.5 Å². The van der Waals surface area contributed by atoms with Gasteiger partial charge in [-0.05, 0) is 50.2 Å². The molecule has 22 heavy (non-hydrogen) atoms. The van der Waals surface area contributed by atoms with Crippen LogP contribution in [0.15, 0.2) is 42.5 Å². The maximum atomic E-state index is 12.6. The summed E-state index contributed by atoms with van der Waals surface area (Å²) in [4.78, 5) is 14.9. The van der Waals surface area contributed by atoms with Crippen LogP contribution in [0.5, 0.6) is 0 Å². The fourth-order valence-electron chi connectivity index (χ4n) is 2.92. The first-order chi connectivity index (χ1) is 10.6. The summed E-state index contributed by atoms with van der Waals surface area (Å²) in [7, 11) is 0. The van der Waals surface area contributed by atoms with Crippen LogP contribution in [-0.4, -0.2) is 32.1 Å². The second-order valence-electron chi connectivity index (χ2n) is 5.85. The lowest BCUT2D eigenvalue weighted by Crippen LogP contribution is -2.36. The van der Waals surface area contributed by atoms with Gasteiger partial charge in [0.25, 0.3) is 0 Å². The van der Waals surface area contributed by atoms with E-state index in [9.17, 15) is 4.79 Å². The van der Waals surface area contributed by atoms with Crippen LogP contribution in [0, 0.1) is 13.8 Å². The molecule has 0 spiro atoms. The summed E-state index contributed by atoms with van der Waals surface area (Å²) in [5.74, 6) is 0.0836. The fourth-order valence-corrected chi connectivity index (χ4v) is 2.92. The van der Waals surface area contributed by atoms with Gasteiger partial charge in [0.2, 0.25) is 0 Å². The van der Waals surface area contributed by atoms with Crippen LogP contribution in [-0.2, 0) is 4.74 Å². The molecule has 114 valence electrons. The number of morpholine rings is 1. The lowest BCUT2D eigenvalue weighted by Gasteiger charge is -2.28. The molecule has 0 aliphatic carbocycles. The molecule has 1 fully saturated rings. The molecule has 3 heteroatoms. The van der Waals surface area contributed by atoms with E-state index in [1.54, 1.807) is 0 Å². The van der Waals surface area contributed by atoms with Crippen molar-refractivity contribution >= 4 is 11.5 Å². The van der Waals surface area contributed by atoms with Gasteiger partial charge in [0, 0.05) is 29.9 Å². The van der Waals surface area contributed by atoms with Gasteiger partial charge < -0.3 is 9.64 Å². The molecular weight excluding hydrogens is 274 g/mol. The van der Waals surface area contributed by atoms with Crippen molar-refractivity contribution in [3.8, 4) is 0 Å². The Kier molecular flexibility index (Phi) is 4.25. The zero-order valence-corrected chi connectivity index (χ0v) is 13.1. The predicted octanol–water partition coefficient (Wildman–Crippen LogP) is 3.37. The standard InChI is InChI=1S/C19H21NO2/c1-14-11-15(2)13-17(12-14)19(21)16-3-5-18(6-4-16)20-7-9-22-10-8-20/h3-6,11-13H,7-10H2,1-2H3. The van der Waals surface area contributed by atoms with Crippen molar-refractivity contribution in [1.82, 2.24) is 0 Å². The average molecular weight is 295 g/mol. The Morgan fingerprint density at radius 2 is 1.50 bits per heavy atom. The SMILES string of the molecule is Cc1cc(C)cc(C(=O)c2ccc(N3CCOCC3)cc2)c1. The molecule has 0 saturated carbocycles. The number of nitrogens with zero attached hydrogens (tertiary/aromatic N) is 1. The molecule has 3 rings (SSSR count). The summed E-state index contributed by atoms with van der Waals surface area (Å²) >= 11 is 0. The highest BCUT2D eigenvalue weighted by Crippen LogP contribution is 2.19. The molecular formula is C19H21NO2. The van der Waals surface area contributed by atoms with E-state index < -0.39 is 0 Å².